The van der Waals surface area contributed by atoms with Crippen molar-refractivity contribution in [1.29, 1.82) is 0 Å². The van der Waals surface area contributed by atoms with E-state index >= 15 is 0 Å². The number of carbonyl (C=O) groups excluding carboxylic acids is 1. The number of nitrogens with zero attached hydrogens (tertiary/aromatic N) is 2. The van der Waals surface area contributed by atoms with Crippen LogP contribution >= 0.6 is 24.0 Å². The number of hydrogen-bond acceptors (Lipinski definition) is 4. The van der Waals surface area contributed by atoms with Crippen LogP contribution in [0, 0.1) is 0 Å². The van der Waals surface area contributed by atoms with Crippen LogP contribution in [-0.2, 0) is 11.2 Å². The first kappa shape index (κ1) is 24.8. The van der Waals surface area contributed by atoms with E-state index in [4.69, 9.17) is 9.47 Å². The van der Waals surface area contributed by atoms with Crippen LogP contribution in [0.5, 0.6) is 11.5 Å². The minimum absolute atomic E-state index is 0. The van der Waals surface area contributed by atoms with Crippen LogP contribution in [0.15, 0.2) is 53.5 Å². The third-order valence-corrected chi connectivity index (χ3v) is 4.83. The van der Waals surface area contributed by atoms with Gasteiger partial charge in [0.05, 0.1) is 12.8 Å². The van der Waals surface area contributed by atoms with Crippen LogP contribution in [0.2, 0.25) is 0 Å². The second-order valence-electron chi connectivity index (χ2n) is 6.94. The number of hydrogen-bond donors (Lipinski definition) is 2. The molecule has 2 N–H and O–H groups in total. The molecule has 2 aromatic carbocycles. The summed E-state index contributed by atoms with van der Waals surface area (Å²) in [5, 5.41) is 6.64. The Kier molecular flexibility index (Phi) is 10.4. The van der Waals surface area contributed by atoms with Gasteiger partial charge in [0.2, 0.25) is 0 Å². The number of carbonyl (C=O) groups is 1. The van der Waals surface area contributed by atoms with E-state index in [9.17, 15) is 4.79 Å². The van der Waals surface area contributed by atoms with Crippen LogP contribution in [0.3, 0.4) is 0 Å². The van der Waals surface area contributed by atoms with Gasteiger partial charge in [-0.15, -0.1) is 24.0 Å². The highest BCUT2D eigenvalue weighted by Gasteiger charge is 2.24. The third-order valence-electron chi connectivity index (χ3n) is 4.83. The molecular weight excluding hydrogens is 507 g/mol. The summed E-state index contributed by atoms with van der Waals surface area (Å²) in [5.74, 6) is 2.40. The molecule has 0 fully saturated rings. The molecule has 0 unspecified atom stereocenters. The number of rotatable bonds is 9. The molecule has 0 spiro atoms. The zero-order valence-corrected chi connectivity index (χ0v) is 20.4. The van der Waals surface area contributed by atoms with E-state index in [-0.39, 0.29) is 36.5 Å². The summed E-state index contributed by atoms with van der Waals surface area (Å²) >= 11 is 0. The van der Waals surface area contributed by atoms with Crippen molar-refractivity contribution in [2.75, 3.05) is 44.8 Å². The Bertz CT molecular complexity index is 858. The maximum absolute atomic E-state index is 12.2. The lowest BCUT2D eigenvalue weighted by Crippen LogP contribution is -2.40. The number of ether oxygens (including phenoxy) is 2. The molecule has 1 aliphatic rings. The highest BCUT2D eigenvalue weighted by Crippen LogP contribution is 2.31. The molecule has 3 rings (SSSR count). The highest BCUT2D eigenvalue weighted by molar-refractivity contribution is 14.0. The Morgan fingerprint density at radius 1 is 1.16 bits per heavy atom. The summed E-state index contributed by atoms with van der Waals surface area (Å²) in [6.45, 7) is 4.97. The second kappa shape index (κ2) is 13.0. The molecule has 1 amide bonds. The number of anilines is 1. The number of para-hydroxylation sites is 2. The largest absolute Gasteiger partial charge is 0.497 e. The number of benzene rings is 2. The van der Waals surface area contributed by atoms with E-state index in [1.807, 2.05) is 43.3 Å². The first-order valence-electron chi connectivity index (χ1n) is 10.4. The van der Waals surface area contributed by atoms with Gasteiger partial charge in [-0.1, -0.05) is 24.3 Å². The highest BCUT2D eigenvalue weighted by atomic mass is 127. The smallest absolute Gasteiger partial charge is 0.265 e. The Labute approximate surface area is 201 Å². The van der Waals surface area contributed by atoms with Gasteiger partial charge < -0.3 is 25.0 Å². The van der Waals surface area contributed by atoms with E-state index in [1.54, 1.807) is 12.0 Å². The van der Waals surface area contributed by atoms with Crippen molar-refractivity contribution in [1.82, 2.24) is 10.6 Å². The molecule has 7 nitrogen and oxygen atoms in total. The summed E-state index contributed by atoms with van der Waals surface area (Å²) in [4.78, 5) is 18.7. The first-order chi connectivity index (χ1) is 14.7. The van der Waals surface area contributed by atoms with Gasteiger partial charge in [-0.2, -0.15) is 0 Å². The van der Waals surface area contributed by atoms with Gasteiger partial charge in [0.1, 0.15) is 11.5 Å². The SMILES string of the molecule is CCNC(=NCCCN1C(=O)COc2ccccc21)NCCc1ccc(OC)cc1.I. The van der Waals surface area contributed by atoms with Crippen molar-refractivity contribution in [2.45, 2.75) is 19.8 Å². The van der Waals surface area contributed by atoms with Crippen LogP contribution in [0.25, 0.3) is 0 Å². The quantitative estimate of drug-likeness (QED) is 0.222. The van der Waals surface area contributed by atoms with E-state index < -0.39 is 0 Å². The second-order valence-corrected chi connectivity index (χ2v) is 6.94. The van der Waals surface area contributed by atoms with Gasteiger partial charge in [0.25, 0.3) is 5.91 Å². The van der Waals surface area contributed by atoms with Crippen molar-refractivity contribution in [3.8, 4) is 11.5 Å². The monoisotopic (exact) mass is 538 g/mol. The van der Waals surface area contributed by atoms with Crippen molar-refractivity contribution < 1.29 is 14.3 Å². The molecule has 0 radical (unpaired) electrons. The lowest BCUT2D eigenvalue weighted by molar-refractivity contribution is -0.121. The summed E-state index contributed by atoms with van der Waals surface area (Å²) in [6, 6.07) is 15.7. The standard InChI is InChI=1S/C23H30N4O3.HI/c1-3-24-23(26-15-13-18-9-11-19(29-2)12-10-18)25-14-6-16-27-20-7-4-5-8-21(20)30-17-22(27)28;/h4-5,7-12H,3,6,13-17H2,1-2H3,(H2,24,25,26);1H. The van der Waals surface area contributed by atoms with Gasteiger partial charge in [0.15, 0.2) is 12.6 Å². The summed E-state index contributed by atoms with van der Waals surface area (Å²) < 4.78 is 10.7. The lowest BCUT2D eigenvalue weighted by atomic mass is 10.1. The van der Waals surface area contributed by atoms with Gasteiger partial charge in [-0.25, -0.2) is 0 Å². The Balaban J connectivity index is 0.00000341. The van der Waals surface area contributed by atoms with Crippen molar-refractivity contribution >= 4 is 41.5 Å². The van der Waals surface area contributed by atoms with E-state index in [1.165, 1.54) is 5.56 Å². The normalized spacial score (nSPS) is 13.0. The molecule has 2 aromatic rings. The summed E-state index contributed by atoms with van der Waals surface area (Å²) in [5.41, 5.74) is 2.07. The minimum atomic E-state index is -0.0118. The van der Waals surface area contributed by atoms with E-state index in [0.29, 0.717) is 13.1 Å². The fourth-order valence-electron chi connectivity index (χ4n) is 3.28. The van der Waals surface area contributed by atoms with Crippen LogP contribution in [0.4, 0.5) is 5.69 Å². The fourth-order valence-corrected chi connectivity index (χ4v) is 3.28. The third kappa shape index (κ3) is 7.30. The number of nitrogens with one attached hydrogen (secondary N) is 2. The average Bonchev–Trinajstić information content (AvgIpc) is 2.78. The summed E-state index contributed by atoms with van der Waals surface area (Å²) in [6.07, 6.45) is 1.67. The molecule has 168 valence electrons. The minimum Gasteiger partial charge on any atom is -0.497 e. The zero-order chi connectivity index (χ0) is 21.2. The lowest BCUT2D eigenvalue weighted by Gasteiger charge is -2.29. The molecule has 0 saturated carbocycles. The Morgan fingerprint density at radius 3 is 2.68 bits per heavy atom. The molecule has 0 aliphatic carbocycles. The topological polar surface area (TPSA) is 75.2 Å². The molecule has 0 bridgehead atoms. The van der Waals surface area contributed by atoms with Gasteiger partial charge >= 0.3 is 0 Å². The molecule has 0 atom stereocenters. The predicted molar refractivity (Wildman–Crippen MR) is 135 cm³/mol. The number of methoxy groups -OCH3 is 1. The van der Waals surface area contributed by atoms with Crippen molar-refractivity contribution in [3.63, 3.8) is 0 Å². The molecule has 0 saturated heterocycles. The van der Waals surface area contributed by atoms with Crippen molar-refractivity contribution in [2.24, 2.45) is 4.99 Å². The Morgan fingerprint density at radius 2 is 1.94 bits per heavy atom. The van der Waals surface area contributed by atoms with E-state index in [2.05, 4.69) is 27.8 Å². The van der Waals surface area contributed by atoms with Crippen LogP contribution in [0.1, 0.15) is 18.9 Å². The van der Waals surface area contributed by atoms with Crippen LogP contribution < -0.4 is 25.0 Å². The number of guanidine groups is 1. The van der Waals surface area contributed by atoms with Gasteiger partial charge in [-0.3, -0.25) is 9.79 Å². The molecular formula is C23H31IN4O3. The predicted octanol–water partition coefficient (Wildman–Crippen LogP) is 3.23. The number of amides is 1. The number of fused-ring (bicyclic) bond motifs is 1. The maximum atomic E-state index is 12.2. The molecule has 1 aliphatic heterocycles. The van der Waals surface area contributed by atoms with Crippen molar-refractivity contribution in [3.05, 3.63) is 54.1 Å². The van der Waals surface area contributed by atoms with Gasteiger partial charge in [0, 0.05) is 26.2 Å². The van der Waals surface area contributed by atoms with E-state index in [0.717, 1.165) is 49.1 Å². The average molecular weight is 538 g/mol. The van der Waals surface area contributed by atoms with Crippen LogP contribution in [-0.4, -0.2) is 51.8 Å². The molecule has 31 heavy (non-hydrogen) atoms. The molecule has 1 heterocycles. The summed E-state index contributed by atoms with van der Waals surface area (Å²) in [7, 11) is 1.67. The first-order valence-corrected chi connectivity index (χ1v) is 10.4. The molecule has 0 aromatic heterocycles. The number of halogens is 1. The zero-order valence-electron chi connectivity index (χ0n) is 18.1. The fraction of sp³-hybridized carbons (Fsp3) is 0.391. The number of aliphatic imine (C=N–C) groups is 1. The molecule has 8 heteroatoms. The maximum Gasteiger partial charge on any atom is 0.265 e. The van der Waals surface area contributed by atoms with Gasteiger partial charge in [-0.05, 0) is 49.6 Å². The Hall–Kier alpha value is -2.49.